The fourth-order valence-electron chi connectivity index (χ4n) is 1.12. The van der Waals surface area contributed by atoms with Gasteiger partial charge >= 0.3 is 5.17 Å². The number of hydrogen-bond donors (Lipinski definition) is 2. The number of hydrazone groups is 1. The molecule has 1 aromatic carbocycles. The summed E-state index contributed by atoms with van der Waals surface area (Å²) in [6, 6.07) is 7.60. The van der Waals surface area contributed by atoms with Crippen molar-refractivity contribution in [2.24, 2.45) is 10.8 Å². The van der Waals surface area contributed by atoms with Crippen molar-refractivity contribution in [1.29, 1.82) is 0 Å². The molecule has 3 nitrogen and oxygen atoms in total. The Bertz CT molecular complexity index is 397. The molecule has 2 rings (SSSR count). The van der Waals surface area contributed by atoms with Gasteiger partial charge in [-0.2, -0.15) is 0 Å². The van der Waals surface area contributed by atoms with Gasteiger partial charge in [-0.05, 0) is 23.9 Å². The first-order valence-corrected chi connectivity index (χ1v) is 5.46. The number of halogens is 1. The van der Waals surface area contributed by atoms with Crippen LogP contribution in [0.5, 0.6) is 0 Å². The Morgan fingerprint density at radius 3 is 2.64 bits per heavy atom. The molecule has 0 saturated heterocycles. The Labute approximate surface area is 91.0 Å². The lowest BCUT2D eigenvalue weighted by Crippen LogP contribution is -2.70. The van der Waals surface area contributed by atoms with Gasteiger partial charge in [-0.25, -0.2) is 0 Å². The lowest BCUT2D eigenvalue weighted by molar-refractivity contribution is -0.460. The van der Waals surface area contributed by atoms with Gasteiger partial charge in [0.25, 0.3) is 0 Å². The summed E-state index contributed by atoms with van der Waals surface area (Å²) in [7, 11) is 0. The van der Waals surface area contributed by atoms with Gasteiger partial charge < -0.3 is 0 Å². The first-order chi connectivity index (χ1) is 6.75. The highest BCUT2D eigenvalue weighted by Gasteiger charge is 2.13. The SMILES string of the molecule is NC1=[NH+]N=C(c2ccc(Cl)cc2)CS1. The minimum atomic E-state index is 0.641. The van der Waals surface area contributed by atoms with E-state index in [0.717, 1.165) is 22.1 Å². The fraction of sp³-hybridized carbons (Fsp3) is 0.111. The minimum absolute atomic E-state index is 0.641. The van der Waals surface area contributed by atoms with Gasteiger partial charge in [0.2, 0.25) is 0 Å². The normalized spacial score (nSPS) is 16.1. The van der Waals surface area contributed by atoms with Crippen LogP contribution >= 0.6 is 23.4 Å². The minimum Gasteiger partial charge on any atom is -0.280 e. The molecule has 14 heavy (non-hydrogen) atoms. The molecule has 0 fully saturated rings. The van der Waals surface area contributed by atoms with E-state index in [1.54, 1.807) is 11.8 Å². The molecule has 0 amide bonds. The smallest absolute Gasteiger partial charge is 0.280 e. The van der Waals surface area contributed by atoms with Crippen molar-refractivity contribution >= 4 is 34.2 Å². The van der Waals surface area contributed by atoms with Gasteiger partial charge in [-0.1, -0.05) is 28.8 Å². The molecule has 1 aromatic rings. The number of nitrogens with zero attached hydrogens (tertiary/aromatic N) is 1. The predicted octanol–water partition coefficient (Wildman–Crippen LogP) is 0.186. The summed E-state index contributed by atoms with van der Waals surface area (Å²) in [5.41, 5.74) is 7.60. The number of hydrogen-bond acceptors (Lipinski definition) is 3. The molecule has 1 aliphatic heterocycles. The van der Waals surface area contributed by atoms with Crippen molar-refractivity contribution in [3.8, 4) is 0 Å². The topological polar surface area (TPSA) is 52.4 Å². The van der Waals surface area contributed by atoms with E-state index in [0.29, 0.717) is 5.17 Å². The molecule has 0 aliphatic carbocycles. The number of thioether (sulfide) groups is 1. The molecule has 72 valence electrons. The largest absolute Gasteiger partial charge is 0.327 e. The quantitative estimate of drug-likeness (QED) is 0.718. The van der Waals surface area contributed by atoms with Crippen LogP contribution in [0.25, 0.3) is 0 Å². The van der Waals surface area contributed by atoms with Crippen LogP contribution in [0.2, 0.25) is 5.02 Å². The Balaban J connectivity index is 2.28. The molecule has 3 N–H and O–H groups in total. The maximum atomic E-state index is 5.79. The monoisotopic (exact) mass is 226 g/mol. The van der Waals surface area contributed by atoms with Gasteiger partial charge in [-0.15, -0.1) is 5.10 Å². The van der Waals surface area contributed by atoms with E-state index in [-0.39, 0.29) is 0 Å². The van der Waals surface area contributed by atoms with E-state index in [2.05, 4.69) is 10.2 Å². The van der Waals surface area contributed by atoms with Crippen molar-refractivity contribution in [2.75, 3.05) is 5.75 Å². The summed E-state index contributed by atoms with van der Waals surface area (Å²) in [6.45, 7) is 0. The second-order valence-electron chi connectivity index (χ2n) is 2.83. The first kappa shape index (κ1) is 9.55. The molecule has 1 aliphatic rings. The van der Waals surface area contributed by atoms with Crippen molar-refractivity contribution in [3.63, 3.8) is 0 Å². The van der Waals surface area contributed by atoms with Crippen LogP contribution in [-0.2, 0) is 0 Å². The fourth-order valence-corrected chi connectivity index (χ4v) is 1.88. The second kappa shape index (κ2) is 4.02. The van der Waals surface area contributed by atoms with E-state index in [4.69, 9.17) is 17.3 Å². The van der Waals surface area contributed by atoms with Crippen LogP contribution in [0.1, 0.15) is 5.56 Å². The van der Waals surface area contributed by atoms with Crippen LogP contribution in [0, 0.1) is 0 Å². The van der Waals surface area contributed by atoms with Crippen LogP contribution in [-0.4, -0.2) is 16.6 Å². The third kappa shape index (κ3) is 2.08. The highest BCUT2D eigenvalue weighted by molar-refractivity contribution is 8.14. The summed E-state index contributed by atoms with van der Waals surface area (Å²) in [5, 5.41) is 8.28. The Morgan fingerprint density at radius 1 is 1.36 bits per heavy atom. The molecule has 5 heteroatoms. The molecule has 0 radical (unpaired) electrons. The molecule has 1 heterocycles. The molecular formula is C9H9ClN3S+. The van der Waals surface area contributed by atoms with Crippen molar-refractivity contribution in [3.05, 3.63) is 34.9 Å². The summed E-state index contributed by atoms with van der Waals surface area (Å²) in [4.78, 5) is 0. The predicted molar refractivity (Wildman–Crippen MR) is 60.6 cm³/mol. The van der Waals surface area contributed by atoms with Gasteiger partial charge in [0.1, 0.15) is 5.71 Å². The van der Waals surface area contributed by atoms with Gasteiger partial charge in [0, 0.05) is 10.6 Å². The summed E-state index contributed by atoms with van der Waals surface area (Å²) in [6.07, 6.45) is 0. The number of amidine groups is 1. The first-order valence-electron chi connectivity index (χ1n) is 4.09. The Hall–Kier alpha value is -1.000. The number of nitrogens with two attached hydrogens (primary N) is 1. The third-order valence-electron chi connectivity index (χ3n) is 1.84. The molecule has 0 unspecified atom stereocenters. The maximum Gasteiger partial charge on any atom is 0.327 e. The van der Waals surface area contributed by atoms with Gasteiger partial charge in [0.15, 0.2) is 0 Å². The molecule has 0 saturated carbocycles. The van der Waals surface area contributed by atoms with E-state index >= 15 is 0 Å². The Morgan fingerprint density at radius 2 is 2.07 bits per heavy atom. The molecule has 0 bridgehead atoms. The average Bonchev–Trinajstić information content (AvgIpc) is 2.21. The average molecular weight is 227 g/mol. The van der Waals surface area contributed by atoms with E-state index in [1.807, 2.05) is 24.3 Å². The lowest BCUT2D eigenvalue weighted by atomic mass is 10.1. The Kier molecular flexibility index (Phi) is 2.74. The maximum absolute atomic E-state index is 5.79. The van der Waals surface area contributed by atoms with Crippen molar-refractivity contribution < 1.29 is 5.10 Å². The zero-order valence-corrected chi connectivity index (χ0v) is 8.90. The highest BCUT2D eigenvalue weighted by Crippen LogP contribution is 2.12. The number of benzene rings is 1. The van der Waals surface area contributed by atoms with Crippen LogP contribution in [0.4, 0.5) is 0 Å². The third-order valence-corrected chi connectivity index (χ3v) is 2.91. The lowest BCUT2D eigenvalue weighted by Gasteiger charge is -2.05. The van der Waals surface area contributed by atoms with Crippen molar-refractivity contribution in [2.45, 2.75) is 0 Å². The van der Waals surface area contributed by atoms with Crippen LogP contribution in [0.3, 0.4) is 0 Å². The zero-order valence-electron chi connectivity index (χ0n) is 7.33. The van der Waals surface area contributed by atoms with E-state index in [1.165, 1.54) is 0 Å². The van der Waals surface area contributed by atoms with Gasteiger partial charge in [-0.3, -0.25) is 5.73 Å². The standard InChI is InChI=1S/C9H8ClN3S/c10-7-3-1-6(2-4-7)8-5-14-9(11)13-12-8/h1-4H,5H2,(H2,11,13)/p+1. The van der Waals surface area contributed by atoms with Crippen molar-refractivity contribution in [1.82, 2.24) is 0 Å². The number of nitrogens with one attached hydrogen (secondary N) is 1. The summed E-state index contributed by atoms with van der Waals surface area (Å²) < 4.78 is 0. The van der Waals surface area contributed by atoms with Gasteiger partial charge in [0.05, 0.1) is 5.75 Å². The van der Waals surface area contributed by atoms with Crippen LogP contribution in [0.15, 0.2) is 29.4 Å². The molecule has 0 spiro atoms. The molecule has 0 atom stereocenters. The summed E-state index contributed by atoms with van der Waals surface area (Å²) >= 11 is 7.33. The summed E-state index contributed by atoms with van der Waals surface area (Å²) in [5.74, 6) is 0.792. The zero-order chi connectivity index (χ0) is 9.97. The molecule has 0 aromatic heterocycles. The molecular weight excluding hydrogens is 218 g/mol. The van der Waals surface area contributed by atoms with Crippen LogP contribution < -0.4 is 10.8 Å². The highest BCUT2D eigenvalue weighted by atomic mass is 35.5. The van der Waals surface area contributed by atoms with E-state index < -0.39 is 0 Å². The van der Waals surface area contributed by atoms with E-state index in [9.17, 15) is 0 Å². The second-order valence-corrected chi connectivity index (χ2v) is 4.28. The number of rotatable bonds is 1.